The molecular weight excluding hydrogens is 387 g/mol. The van der Waals surface area contributed by atoms with Crippen molar-refractivity contribution in [2.45, 2.75) is 12.5 Å². The summed E-state index contributed by atoms with van der Waals surface area (Å²) in [7, 11) is -2.89. The molecule has 0 N–H and O–H groups in total. The second-order valence-electron chi connectivity index (χ2n) is 6.31. The molecule has 138 valence electrons. The Bertz CT molecular complexity index is 749. The van der Waals surface area contributed by atoms with E-state index < -0.39 is 9.84 Å². The summed E-state index contributed by atoms with van der Waals surface area (Å²) in [4.78, 5) is 16.2. The number of piperazine rings is 1. The largest absolute Gasteiger partial charge is 0.482 e. The summed E-state index contributed by atoms with van der Waals surface area (Å²) in [5.74, 6) is 0.773. The van der Waals surface area contributed by atoms with Crippen LogP contribution in [0.3, 0.4) is 0 Å². The van der Waals surface area contributed by atoms with Gasteiger partial charge in [0.1, 0.15) is 10.8 Å². The highest BCUT2D eigenvalue weighted by Crippen LogP contribution is 2.31. The zero-order valence-corrected chi connectivity index (χ0v) is 16.0. The molecule has 0 saturated carbocycles. The van der Waals surface area contributed by atoms with E-state index in [0.717, 1.165) is 0 Å². The standard InChI is InChI=1S/C16H20Cl2N2O4S/c17-13-2-1-3-14(16(13)18)24-10-15(21)20-7-5-19(6-8-20)12-4-9-25(22,23)11-12/h1-3,12H,4-11H2/t12-/m1/s1. The number of ether oxygens (including phenoxy) is 1. The number of carbonyl (C=O) groups excluding carboxylic acids is 1. The molecular formula is C16H20Cl2N2O4S. The van der Waals surface area contributed by atoms with E-state index in [2.05, 4.69) is 4.90 Å². The maximum Gasteiger partial charge on any atom is 0.260 e. The normalized spacial score (nSPS) is 23.6. The van der Waals surface area contributed by atoms with E-state index in [0.29, 0.717) is 48.4 Å². The first kappa shape index (κ1) is 18.8. The first-order valence-electron chi connectivity index (χ1n) is 8.15. The van der Waals surface area contributed by atoms with Gasteiger partial charge in [0, 0.05) is 32.2 Å². The van der Waals surface area contributed by atoms with Crippen molar-refractivity contribution in [1.29, 1.82) is 0 Å². The summed E-state index contributed by atoms with van der Waals surface area (Å²) >= 11 is 12.0. The van der Waals surface area contributed by atoms with Gasteiger partial charge in [-0.05, 0) is 18.6 Å². The van der Waals surface area contributed by atoms with E-state index in [1.54, 1.807) is 23.1 Å². The van der Waals surface area contributed by atoms with Crippen molar-refractivity contribution in [1.82, 2.24) is 9.80 Å². The van der Waals surface area contributed by atoms with E-state index in [-0.39, 0.29) is 30.1 Å². The lowest BCUT2D eigenvalue weighted by molar-refractivity contribution is -0.135. The van der Waals surface area contributed by atoms with Gasteiger partial charge in [-0.2, -0.15) is 0 Å². The molecule has 1 atom stereocenters. The monoisotopic (exact) mass is 406 g/mol. The first-order chi connectivity index (χ1) is 11.9. The molecule has 3 rings (SSSR count). The highest BCUT2D eigenvalue weighted by molar-refractivity contribution is 7.91. The molecule has 0 aromatic heterocycles. The van der Waals surface area contributed by atoms with E-state index >= 15 is 0 Å². The SMILES string of the molecule is O=C(COc1cccc(Cl)c1Cl)N1CCN([C@@H]2CCS(=O)(=O)C2)CC1. The molecule has 1 aromatic carbocycles. The Kier molecular flexibility index (Phi) is 5.78. The number of amides is 1. The second-order valence-corrected chi connectivity index (χ2v) is 9.33. The van der Waals surface area contributed by atoms with Crippen molar-refractivity contribution in [2.75, 3.05) is 44.3 Å². The van der Waals surface area contributed by atoms with Crippen molar-refractivity contribution in [2.24, 2.45) is 0 Å². The number of hydrogen-bond acceptors (Lipinski definition) is 5. The zero-order valence-electron chi connectivity index (χ0n) is 13.7. The molecule has 2 fully saturated rings. The van der Waals surface area contributed by atoms with Gasteiger partial charge in [-0.15, -0.1) is 0 Å². The van der Waals surface area contributed by atoms with Crippen molar-refractivity contribution in [3.63, 3.8) is 0 Å². The molecule has 0 radical (unpaired) electrons. The van der Waals surface area contributed by atoms with E-state index in [1.807, 2.05) is 0 Å². The Labute approximate surface area is 157 Å². The number of halogens is 2. The molecule has 2 heterocycles. The Morgan fingerprint density at radius 1 is 1.20 bits per heavy atom. The van der Waals surface area contributed by atoms with E-state index in [1.165, 1.54) is 0 Å². The minimum atomic E-state index is -2.89. The van der Waals surface area contributed by atoms with Crippen LogP contribution < -0.4 is 4.74 Å². The van der Waals surface area contributed by atoms with Gasteiger partial charge >= 0.3 is 0 Å². The van der Waals surface area contributed by atoms with Crippen molar-refractivity contribution < 1.29 is 17.9 Å². The third-order valence-corrected chi connectivity index (χ3v) is 7.21. The molecule has 1 amide bonds. The highest BCUT2D eigenvalue weighted by Gasteiger charge is 2.34. The fourth-order valence-electron chi connectivity index (χ4n) is 3.23. The summed E-state index contributed by atoms with van der Waals surface area (Å²) in [6, 6.07) is 5.12. The van der Waals surface area contributed by atoms with E-state index in [4.69, 9.17) is 27.9 Å². The number of nitrogens with zero attached hydrogens (tertiary/aromatic N) is 2. The molecule has 25 heavy (non-hydrogen) atoms. The molecule has 2 aliphatic heterocycles. The molecule has 0 aliphatic carbocycles. The fraction of sp³-hybridized carbons (Fsp3) is 0.562. The summed E-state index contributed by atoms with van der Waals surface area (Å²) in [6.07, 6.45) is 0.687. The van der Waals surface area contributed by atoms with Crippen LogP contribution in [0.4, 0.5) is 0 Å². The van der Waals surface area contributed by atoms with Crippen LogP contribution in [0.25, 0.3) is 0 Å². The van der Waals surface area contributed by atoms with Gasteiger partial charge in [0.15, 0.2) is 16.4 Å². The Morgan fingerprint density at radius 3 is 2.56 bits per heavy atom. The number of carbonyl (C=O) groups is 1. The lowest BCUT2D eigenvalue weighted by Gasteiger charge is -2.37. The van der Waals surface area contributed by atoms with Gasteiger partial charge in [-0.3, -0.25) is 9.69 Å². The van der Waals surface area contributed by atoms with Gasteiger partial charge < -0.3 is 9.64 Å². The van der Waals surface area contributed by atoms with Crippen LogP contribution in [0, 0.1) is 0 Å². The van der Waals surface area contributed by atoms with Gasteiger partial charge in [-0.25, -0.2) is 8.42 Å². The minimum Gasteiger partial charge on any atom is -0.482 e. The number of benzene rings is 1. The summed E-state index contributed by atoms with van der Waals surface area (Å²) < 4.78 is 28.7. The summed E-state index contributed by atoms with van der Waals surface area (Å²) in [5, 5.41) is 0.677. The molecule has 9 heteroatoms. The smallest absolute Gasteiger partial charge is 0.260 e. The van der Waals surface area contributed by atoms with Gasteiger partial charge in [0.25, 0.3) is 5.91 Å². The molecule has 0 bridgehead atoms. The maximum absolute atomic E-state index is 12.3. The fourth-order valence-corrected chi connectivity index (χ4v) is 5.33. The van der Waals surface area contributed by atoms with Crippen LogP contribution in [0.1, 0.15) is 6.42 Å². The maximum atomic E-state index is 12.3. The number of hydrogen-bond donors (Lipinski definition) is 0. The zero-order chi connectivity index (χ0) is 18.0. The van der Waals surface area contributed by atoms with Crippen molar-refractivity contribution in [3.05, 3.63) is 28.2 Å². The Hall–Kier alpha value is -1.02. The summed E-state index contributed by atoms with van der Waals surface area (Å²) in [6.45, 7) is 2.41. The van der Waals surface area contributed by atoms with Crippen LogP contribution in [0.15, 0.2) is 18.2 Å². The van der Waals surface area contributed by atoms with Crippen LogP contribution >= 0.6 is 23.2 Å². The lowest BCUT2D eigenvalue weighted by atomic mass is 10.2. The van der Waals surface area contributed by atoms with Gasteiger partial charge in [0.2, 0.25) is 0 Å². The van der Waals surface area contributed by atoms with E-state index in [9.17, 15) is 13.2 Å². The molecule has 2 aliphatic rings. The summed E-state index contributed by atoms with van der Waals surface area (Å²) in [5.41, 5.74) is 0. The average molecular weight is 407 g/mol. The lowest BCUT2D eigenvalue weighted by Crippen LogP contribution is -2.53. The predicted molar refractivity (Wildman–Crippen MR) is 97.2 cm³/mol. The Balaban J connectivity index is 1.48. The number of rotatable bonds is 4. The van der Waals surface area contributed by atoms with Crippen molar-refractivity contribution in [3.8, 4) is 5.75 Å². The molecule has 0 spiro atoms. The second kappa shape index (κ2) is 7.70. The Morgan fingerprint density at radius 2 is 1.92 bits per heavy atom. The minimum absolute atomic E-state index is 0.0868. The first-order valence-corrected chi connectivity index (χ1v) is 10.7. The molecule has 2 saturated heterocycles. The quantitative estimate of drug-likeness (QED) is 0.760. The van der Waals surface area contributed by atoms with Crippen LogP contribution in [-0.4, -0.2) is 74.5 Å². The molecule has 6 nitrogen and oxygen atoms in total. The van der Waals surface area contributed by atoms with Gasteiger partial charge in [0.05, 0.1) is 16.5 Å². The van der Waals surface area contributed by atoms with Crippen LogP contribution in [0.2, 0.25) is 10.0 Å². The average Bonchev–Trinajstić information content (AvgIpc) is 2.96. The topological polar surface area (TPSA) is 66.9 Å². The van der Waals surface area contributed by atoms with Gasteiger partial charge in [-0.1, -0.05) is 29.3 Å². The van der Waals surface area contributed by atoms with Crippen LogP contribution in [-0.2, 0) is 14.6 Å². The van der Waals surface area contributed by atoms with Crippen molar-refractivity contribution >= 4 is 38.9 Å². The predicted octanol–water partition coefficient (Wildman–Crippen LogP) is 1.70. The third-order valence-electron chi connectivity index (χ3n) is 4.66. The molecule has 1 aromatic rings. The highest BCUT2D eigenvalue weighted by atomic mass is 35.5. The third kappa shape index (κ3) is 4.58. The number of sulfone groups is 1. The van der Waals surface area contributed by atoms with Crippen LogP contribution in [0.5, 0.6) is 5.75 Å². The molecule has 0 unspecified atom stereocenters.